The molecule has 1 atom stereocenters. The number of halogens is 1. The van der Waals surface area contributed by atoms with Crippen LogP contribution in [0.3, 0.4) is 0 Å². The quantitative estimate of drug-likeness (QED) is 0.842. The lowest BCUT2D eigenvalue weighted by Crippen LogP contribution is -2.46. The molecule has 1 aromatic carbocycles. The van der Waals surface area contributed by atoms with E-state index in [0.29, 0.717) is 17.8 Å². The third-order valence-electron chi connectivity index (χ3n) is 5.56. The van der Waals surface area contributed by atoms with Gasteiger partial charge in [-0.1, -0.05) is 13.8 Å². The number of likely N-dealkylation sites (N-methyl/N-ethyl adjacent to an activating group) is 1. The summed E-state index contributed by atoms with van der Waals surface area (Å²) in [7, 11) is 0. The molecule has 2 saturated heterocycles. The fourth-order valence-electron chi connectivity index (χ4n) is 3.96. The van der Waals surface area contributed by atoms with E-state index in [1.807, 2.05) is 4.90 Å². The second-order valence-corrected chi connectivity index (χ2v) is 7.23. The molecule has 2 fully saturated rings. The molecule has 26 heavy (non-hydrogen) atoms. The lowest BCUT2D eigenvalue weighted by atomic mass is 10.1. The highest BCUT2D eigenvalue weighted by atomic mass is 19.1. The summed E-state index contributed by atoms with van der Waals surface area (Å²) in [5.74, 6) is -0.344. The largest absolute Gasteiger partial charge is 0.367 e. The van der Waals surface area contributed by atoms with Crippen LogP contribution < -0.4 is 10.2 Å². The molecule has 6 heteroatoms. The van der Waals surface area contributed by atoms with E-state index in [2.05, 4.69) is 29.0 Å². The maximum Gasteiger partial charge on any atom is 0.254 e. The first-order chi connectivity index (χ1) is 12.6. The number of carbonyl (C=O) groups is 1. The Hall–Kier alpha value is -1.66. The van der Waals surface area contributed by atoms with Crippen LogP contribution in [0.1, 0.15) is 37.0 Å². The van der Waals surface area contributed by atoms with E-state index in [1.54, 1.807) is 12.1 Å². The van der Waals surface area contributed by atoms with Crippen LogP contribution in [0, 0.1) is 5.82 Å². The number of nitrogens with one attached hydrogen (secondary N) is 1. The van der Waals surface area contributed by atoms with Gasteiger partial charge in [-0.15, -0.1) is 0 Å². The van der Waals surface area contributed by atoms with Crippen molar-refractivity contribution >= 4 is 11.6 Å². The van der Waals surface area contributed by atoms with Crippen molar-refractivity contribution in [3.05, 3.63) is 29.6 Å². The van der Waals surface area contributed by atoms with Crippen molar-refractivity contribution in [2.75, 3.05) is 57.3 Å². The van der Waals surface area contributed by atoms with Crippen LogP contribution in [0.25, 0.3) is 0 Å². The van der Waals surface area contributed by atoms with Gasteiger partial charge in [0.2, 0.25) is 0 Å². The Labute approximate surface area is 156 Å². The summed E-state index contributed by atoms with van der Waals surface area (Å²) in [4.78, 5) is 19.3. The van der Waals surface area contributed by atoms with Gasteiger partial charge in [0.25, 0.3) is 5.91 Å². The number of benzene rings is 1. The molecule has 1 unspecified atom stereocenters. The van der Waals surface area contributed by atoms with E-state index in [1.165, 1.54) is 6.07 Å². The topological polar surface area (TPSA) is 38.8 Å². The first kappa shape index (κ1) is 19.1. The number of hydrogen-bond donors (Lipinski definition) is 1. The highest BCUT2D eigenvalue weighted by molar-refractivity contribution is 5.95. The lowest BCUT2D eigenvalue weighted by molar-refractivity contribution is 0.0692. The maximum atomic E-state index is 14.8. The number of carbonyl (C=O) groups excluding carboxylic acids is 1. The van der Waals surface area contributed by atoms with Gasteiger partial charge in [-0.3, -0.25) is 4.79 Å². The second kappa shape index (κ2) is 8.82. The third kappa shape index (κ3) is 4.18. The Morgan fingerprint density at radius 2 is 2.04 bits per heavy atom. The lowest BCUT2D eigenvalue weighted by Gasteiger charge is -2.35. The Bertz CT molecular complexity index is 610. The van der Waals surface area contributed by atoms with Crippen LogP contribution in [0.4, 0.5) is 10.1 Å². The molecule has 0 radical (unpaired) electrons. The predicted molar refractivity (Wildman–Crippen MR) is 103 cm³/mol. The summed E-state index contributed by atoms with van der Waals surface area (Å²) in [5.41, 5.74) is 1.07. The first-order valence-electron chi connectivity index (χ1n) is 9.92. The number of nitrogens with zero attached hydrogens (tertiary/aromatic N) is 3. The van der Waals surface area contributed by atoms with E-state index in [4.69, 9.17) is 0 Å². The zero-order valence-corrected chi connectivity index (χ0v) is 16.0. The van der Waals surface area contributed by atoms with Crippen molar-refractivity contribution in [1.29, 1.82) is 0 Å². The van der Waals surface area contributed by atoms with Crippen LogP contribution in [0.15, 0.2) is 18.2 Å². The standard InChI is InChI=1S/C20H31FN4O/c1-3-9-25(17-7-8-22-15-17)20(26)16-5-6-19(18(21)14-16)24-12-10-23(4-2)11-13-24/h5-6,14,17,22H,3-4,7-13,15H2,1-2H3. The summed E-state index contributed by atoms with van der Waals surface area (Å²) in [6.07, 6.45) is 1.87. The van der Waals surface area contributed by atoms with E-state index >= 15 is 0 Å². The maximum absolute atomic E-state index is 14.8. The SMILES string of the molecule is CCCN(C(=O)c1ccc(N2CCN(CC)CC2)c(F)c1)C1CCNC1. The molecule has 0 saturated carbocycles. The van der Waals surface area contributed by atoms with E-state index in [0.717, 1.165) is 58.7 Å². The van der Waals surface area contributed by atoms with Crippen molar-refractivity contribution in [2.45, 2.75) is 32.7 Å². The molecule has 1 amide bonds. The molecule has 144 valence electrons. The van der Waals surface area contributed by atoms with Crippen LogP contribution in [-0.4, -0.2) is 74.1 Å². The number of amides is 1. The Kier molecular flexibility index (Phi) is 6.48. The number of anilines is 1. The van der Waals surface area contributed by atoms with Crippen molar-refractivity contribution in [1.82, 2.24) is 15.1 Å². The minimum atomic E-state index is -0.290. The second-order valence-electron chi connectivity index (χ2n) is 7.23. The minimum absolute atomic E-state index is 0.0539. The van der Waals surface area contributed by atoms with Gasteiger partial charge in [0.15, 0.2) is 0 Å². The Morgan fingerprint density at radius 3 is 2.62 bits per heavy atom. The van der Waals surface area contributed by atoms with Crippen molar-refractivity contribution < 1.29 is 9.18 Å². The summed E-state index contributed by atoms with van der Waals surface area (Å²) < 4.78 is 14.8. The summed E-state index contributed by atoms with van der Waals surface area (Å²) >= 11 is 0. The molecule has 5 nitrogen and oxygen atoms in total. The smallest absolute Gasteiger partial charge is 0.254 e. The molecule has 3 rings (SSSR count). The predicted octanol–water partition coefficient (Wildman–Crippen LogP) is 2.18. The Morgan fingerprint density at radius 1 is 1.27 bits per heavy atom. The third-order valence-corrected chi connectivity index (χ3v) is 5.56. The van der Waals surface area contributed by atoms with E-state index < -0.39 is 0 Å². The van der Waals surface area contributed by atoms with Crippen molar-refractivity contribution in [3.8, 4) is 0 Å². The average Bonchev–Trinajstić information content (AvgIpc) is 3.20. The van der Waals surface area contributed by atoms with Gasteiger partial charge in [-0.05, 0) is 44.1 Å². The number of rotatable bonds is 6. The van der Waals surface area contributed by atoms with Crippen LogP contribution >= 0.6 is 0 Å². The molecule has 0 spiro atoms. The summed E-state index contributed by atoms with van der Waals surface area (Å²) in [6.45, 7) is 11.3. The zero-order chi connectivity index (χ0) is 18.5. The summed E-state index contributed by atoms with van der Waals surface area (Å²) in [6, 6.07) is 5.21. The molecular weight excluding hydrogens is 331 g/mol. The van der Waals surface area contributed by atoms with Gasteiger partial charge < -0.3 is 20.0 Å². The molecule has 2 aliphatic heterocycles. The first-order valence-corrected chi connectivity index (χ1v) is 9.92. The van der Waals surface area contributed by atoms with Gasteiger partial charge in [0.1, 0.15) is 5.82 Å². The fraction of sp³-hybridized carbons (Fsp3) is 0.650. The zero-order valence-electron chi connectivity index (χ0n) is 16.0. The molecule has 0 aliphatic carbocycles. The van der Waals surface area contributed by atoms with Crippen LogP contribution in [-0.2, 0) is 0 Å². The molecule has 0 bridgehead atoms. The number of piperazine rings is 1. The highest BCUT2D eigenvalue weighted by Gasteiger charge is 2.27. The molecule has 0 aromatic heterocycles. The highest BCUT2D eigenvalue weighted by Crippen LogP contribution is 2.23. The molecular formula is C20H31FN4O. The van der Waals surface area contributed by atoms with Crippen LogP contribution in [0.2, 0.25) is 0 Å². The fourth-order valence-corrected chi connectivity index (χ4v) is 3.96. The molecule has 1 N–H and O–H groups in total. The monoisotopic (exact) mass is 362 g/mol. The minimum Gasteiger partial charge on any atom is -0.367 e. The van der Waals surface area contributed by atoms with Gasteiger partial charge in [-0.2, -0.15) is 0 Å². The van der Waals surface area contributed by atoms with Gasteiger partial charge >= 0.3 is 0 Å². The summed E-state index contributed by atoms with van der Waals surface area (Å²) in [5, 5.41) is 3.31. The number of hydrogen-bond acceptors (Lipinski definition) is 4. The van der Waals surface area contributed by atoms with Crippen LogP contribution in [0.5, 0.6) is 0 Å². The van der Waals surface area contributed by atoms with Gasteiger partial charge in [-0.25, -0.2) is 4.39 Å². The van der Waals surface area contributed by atoms with Gasteiger partial charge in [0.05, 0.1) is 5.69 Å². The van der Waals surface area contributed by atoms with E-state index in [9.17, 15) is 9.18 Å². The molecule has 1 aromatic rings. The van der Waals surface area contributed by atoms with Crippen molar-refractivity contribution in [2.24, 2.45) is 0 Å². The van der Waals surface area contributed by atoms with E-state index in [-0.39, 0.29) is 17.8 Å². The molecule has 2 heterocycles. The molecule has 2 aliphatic rings. The van der Waals surface area contributed by atoms with Gasteiger partial charge in [0, 0.05) is 50.9 Å². The normalized spacial score (nSPS) is 21.2. The van der Waals surface area contributed by atoms with Crippen molar-refractivity contribution in [3.63, 3.8) is 0 Å². The average molecular weight is 362 g/mol. The Balaban J connectivity index is 1.72.